The highest BCUT2D eigenvalue weighted by Crippen LogP contribution is 2.40. The predicted octanol–water partition coefficient (Wildman–Crippen LogP) is 5.89. The minimum absolute atomic E-state index is 0.496. The smallest absolute Gasteiger partial charge is 0.0528 e. The van der Waals surface area contributed by atoms with Gasteiger partial charge in [0.1, 0.15) is 0 Å². The zero-order valence-corrected chi connectivity index (χ0v) is 22.5. The van der Waals surface area contributed by atoms with E-state index in [-0.39, 0.29) is 0 Å². The standard InChI is InChI=1S/C29H53N5/c1-22(2)28(29-21-33(29)25(6)26-14-10-8-7-9-11-15-26)16-12-13-19-30-24(5)17-18-27-20-34(23(3)4)32-31-27/h23,26-32H,1,5-21H2,2-4H3. The molecule has 0 spiro atoms. The molecule has 0 amide bonds. The van der Waals surface area contributed by atoms with Crippen molar-refractivity contribution in [3.63, 3.8) is 0 Å². The van der Waals surface area contributed by atoms with Gasteiger partial charge in [-0.2, -0.15) is 5.53 Å². The lowest BCUT2D eigenvalue weighted by Gasteiger charge is -2.25. The molecule has 3 N–H and O–H groups in total. The third-order valence-electron chi connectivity index (χ3n) is 8.26. The van der Waals surface area contributed by atoms with Crippen LogP contribution in [0.3, 0.4) is 0 Å². The molecule has 34 heavy (non-hydrogen) atoms. The van der Waals surface area contributed by atoms with Crippen molar-refractivity contribution in [3.8, 4) is 0 Å². The monoisotopic (exact) mass is 471 g/mol. The fourth-order valence-corrected chi connectivity index (χ4v) is 5.82. The van der Waals surface area contributed by atoms with Gasteiger partial charge < -0.3 is 10.2 Å². The van der Waals surface area contributed by atoms with Crippen LogP contribution in [0.15, 0.2) is 36.7 Å². The molecule has 0 bridgehead atoms. The summed E-state index contributed by atoms with van der Waals surface area (Å²) in [7, 11) is 0. The Hall–Kier alpha value is -1.30. The van der Waals surface area contributed by atoms with Crippen LogP contribution in [0.2, 0.25) is 0 Å². The van der Waals surface area contributed by atoms with Crippen molar-refractivity contribution in [3.05, 3.63) is 36.7 Å². The predicted molar refractivity (Wildman–Crippen MR) is 146 cm³/mol. The highest BCUT2D eigenvalue weighted by atomic mass is 15.7. The number of nitrogens with one attached hydrogen (secondary N) is 3. The van der Waals surface area contributed by atoms with Crippen molar-refractivity contribution >= 4 is 0 Å². The van der Waals surface area contributed by atoms with Gasteiger partial charge in [0.15, 0.2) is 0 Å². The van der Waals surface area contributed by atoms with E-state index >= 15 is 0 Å². The summed E-state index contributed by atoms with van der Waals surface area (Å²) in [5.74, 6) is 1.33. The van der Waals surface area contributed by atoms with Gasteiger partial charge in [-0.05, 0) is 65.2 Å². The summed E-state index contributed by atoms with van der Waals surface area (Å²) in [6, 6.07) is 1.66. The van der Waals surface area contributed by atoms with E-state index in [1.54, 1.807) is 0 Å². The molecule has 0 radical (unpaired) electrons. The summed E-state index contributed by atoms with van der Waals surface area (Å²) in [6.07, 6.45) is 15.5. The van der Waals surface area contributed by atoms with E-state index in [1.807, 2.05) is 0 Å². The third-order valence-corrected chi connectivity index (χ3v) is 8.26. The van der Waals surface area contributed by atoms with Gasteiger partial charge in [-0.25, -0.2) is 10.4 Å². The molecule has 0 aromatic rings. The summed E-state index contributed by atoms with van der Waals surface area (Å²) in [6.45, 7) is 23.1. The average Bonchev–Trinajstić information content (AvgIpc) is 3.40. The molecule has 2 saturated heterocycles. The highest BCUT2D eigenvalue weighted by molar-refractivity contribution is 5.17. The van der Waals surface area contributed by atoms with Gasteiger partial charge in [-0.15, -0.1) is 0 Å². The Bertz CT molecular complexity index is 663. The molecule has 0 aromatic heterocycles. The number of rotatable bonds is 14. The molecule has 3 atom stereocenters. The Morgan fingerprint density at radius 1 is 1.00 bits per heavy atom. The number of hydrazine groups is 2. The summed E-state index contributed by atoms with van der Waals surface area (Å²) >= 11 is 0. The molecule has 1 saturated carbocycles. The first kappa shape index (κ1) is 27.3. The van der Waals surface area contributed by atoms with Gasteiger partial charge in [-0.3, -0.25) is 0 Å². The van der Waals surface area contributed by atoms with Crippen LogP contribution in [0.5, 0.6) is 0 Å². The number of hydrogen-bond donors (Lipinski definition) is 3. The molecule has 5 heteroatoms. The van der Waals surface area contributed by atoms with Crippen LogP contribution in [0.25, 0.3) is 0 Å². The van der Waals surface area contributed by atoms with Gasteiger partial charge in [-0.1, -0.05) is 63.8 Å². The Kier molecular flexibility index (Phi) is 11.0. The molecule has 0 aromatic carbocycles. The summed E-state index contributed by atoms with van der Waals surface area (Å²) < 4.78 is 0. The molecule has 2 aliphatic heterocycles. The van der Waals surface area contributed by atoms with Gasteiger partial charge >= 0.3 is 0 Å². The molecular formula is C29H53N5. The Balaban J connectivity index is 1.29. The third kappa shape index (κ3) is 8.42. The maximum Gasteiger partial charge on any atom is 0.0528 e. The first-order valence-corrected chi connectivity index (χ1v) is 14.2. The van der Waals surface area contributed by atoms with Crippen LogP contribution in [0.4, 0.5) is 0 Å². The molecule has 194 valence electrons. The zero-order chi connectivity index (χ0) is 24.5. The van der Waals surface area contributed by atoms with Gasteiger partial charge in [0.25, 0.3) is 0 Å². The normalized spacial score (nSPS) is 25.1. The molecule has 3 unspecified atom stereocenters. The number of unbranched alkanes of at least 4 members (excludes halogenated alkanes) is 1. The first-order valence-electron chi connectivity index (χ1n) is 14.2. The SMILES string of the molecule is C=C(CCC1CN(C(C)C)NN1)NCCCCC(C(=C)C)C1CN1C(=C)C1CCCCCCC1. The molecular weight excluding hydrogens is 418 g/mol. The summed E-state index contributed by atoms with van der Waals surface area (Å²) in [5.41, 5.74) is 10.6. The van der Waals surface area contributed by atoms with E-state index in [0.717, 1.165) is 31.8 Å². The second-order valence-electron chi connectivity index (χ2n) is 11.5. The number of nitrogens with zero attached hydrogens (tertiary/aromatic N) is 2. The number of allylic oxidation sites excluding steroid dienone is 2. The molecule has 2 heterocycles. The van der Waals surface area contributed by atoms with E-state index in [2.05, 4.69) is 66.7 Å². The van der Waals surface area contributed by atoms with Crippen molar-refractivity contribution in [2.24, 2.45) is 11.8 Å². The maximum atomic E-state index is 4.56. The second-order valence-corrected chi connectivity index (χ2v) is 11.5. The lowest BCUT2D eigenvalue weighted by atomic mass is 9.88. The topological polar surface area (TPSA) is 42.3 Å². The fraction of sp³-hybridized carbons (Fsp3) is 0.793. The summed E-state index contributed by atoms with van der Waals surface area (Å²) in [5, 5.41) is 5.82. The van der Waals surface area contributed by atoms with Crippen LogP contribution in [-0.2, 0) is 0 Å². The summed E-state index contributed by atoms with van der Waals surface area (Å²) in [4.78, 5) is 2.61. The van der Waals surface area contributed by atoms with Crippen LogP contribution in [0.1, 0.15) is 97.8 Å². The van der Waals surface area contributed by atoms with E-state index in [0.29, 0.717) is 24.0 Å². The Labute approximate surface area is 210 Å². The lowest BCUT2D eigenvalue weighted by molar-refractivity contribution is 0.183. The zero-order valence-electron chi connectivity index (χ0n) is 22.5. The van der Waals surface area contributed by atoms with Crippen LogP contribution < -0.4 is 16.3 Å². The van der Waals surface area contributed by atoms with E-state index in [4.69, 9.17) is 0 Å². The highest BCUT2D eigenvalue weighted by Gasteiger charge is 2.42. The average molecular weight is 472 g/mol. The van der Waals surface area contributed by atoms with Crippen LogP contribution >= 0.6 is 0 Å². The van der Waals surface area contributed by atoms with E-state index in [1.165, 1.54) is 87.7 Å². The minimum Gasteiger partial charge on any atom is -0.389 e. The van der Waals surface area contributed by atoms with Crippen molar-refractivity contribution in [1.82, 2.24) is 26.2 Å². The Morgan fingerprint density at radius 2 is 1.71 bits per heavy atom. The van der Waals surface area contributed by atoms with Crippen LogP contribution in [-0.4, -0.2) is 47.7 Å². The molecule has 3 rings (SSSR count). The molecule has 3 fully saturated rings. The Morgan fingerprint density at radius 3 is 2.35 bits per heavy atom. The molecule has 5 nitrogen and oxygen atoms in total. The second kappa shape index (κ2) is 13.7. The van der Waals surface area contributed by atoms with Gasteiger partial charge in [0.2, 0.25) is 0 Å². The maximum absolute atomic E-state index is 4.56. The fourth-order valence-electron chi connectivity index (χ4n) is 5.82. The largest absolute Gasteiger partial charge is 0.389 e. The van der Waals surface area contributed by atoms with Crippen molar-refractivity contribution in [2.75, 3.05) is 19.6 Å². The van der Waals surface area contributed by atoms with Crippen molar-refractivity contribution < 1.29 is 0 Å². The number of hydrogen-bond acceptors (Lipinski definition) is 5. The lowest BCUT2D eigenvalue weighted by Crippen LogP contribution is -2.40. The molecule has 3 aliphatic rings. The van der Waals surface area contributed by atoms with E-state index in [9.17, 15) is 0 Å². The van der Waals surface area contributed by atoms with Crippen LogP contribution in [0, 0.1) is 11.8 Å². The van der Waals surface area contributed by atoms with E-state index < -0.39 is 0 Å². The van der Waals surface area contributed by atoms with Gasteiger partial charge in [0.05, 0.1) is 6.04 Å². The van der Waals surface area contributed by atoms with Crippen molar-refractivity contribution in [1.29, 1.82) is 0 Å². The van der Waals surface area contributed by atoms with Gasteiger partial charge in [0, 0.05) is 49.0 Å². The first-order chi connectivity index (χ1) is 16.4. The molecule has 1 aliphatic carbocycles. The van der Waals surface area contributed by atoms with Crippen molar-refractivity contribution in [2.45, 2.75) is 116 Å². The quantitative estimate of drug-likeness (QED) is 0.167. The minimum atomic E-state index is 0.496.